The molecule has 0 aromatic heterocycles. The maximum Gasteiger partial charge on any atom is 0.394 e. The third-order valence-corrected chi connectivity index (χ3v) is 1.84. The van der Waals surface area contributed by atoms with E-state index in [9.17, 15) is 0 Å². The predicted molar refractivity (Wildman–Crippen MR) is 48.8 cm³/mol. The monoisotopic (exact) mass is 206 g/mol. The molecule has 0 rings (SSSR count). The first-order valence-corrected chi connectivity index (χ1v) is 6.78. The fourth-order valence-corrected chi connectivity index (χ4v) is 1.02. The quantitative estimate of drug-likeness (QED) is 0.540. The van der Waals surface area contributed by atoms with E-state index in [4.69, 9.17) is 17.5 Å². The summed E-state index contributed by atoms with van der Waals surface area (Å²) in [6.45, 7) is 4.58. The van der Waals surface area contributed by atoms with Crippen LogP contribution in [-0.4, -0.2) is 45.5 Å². The van der Waals surface area contributed by atoms with Gasteiger partial charge in [-0.3, -0.25) is 9.11 Å². The van der Waals surface area contributed by atoms with Crippen molar-refractivity contribution in [3.8, 4) is 0 Å². The normalized spacial score (nSPS) is 10.9. The van der Waals surface area contributed by atoms with E-state index in [0.717, 1.165) is 5.92 Å². The zero-order valence-electron chi connectivity index (χ0n) is 7.82. The first-order valence-electron chi connectivity index (χ1n) is 3.97. The zero-order chi connectivity index (χ0) is 10.2. The summed E-state index contributed by atoms with van der Waals surface area (Å²) in [5.41, 5.74) is 0. The first-order chi connectivity index (χ1) is 5.27. The Kier molecular flexibility index (Phi) is 10.8. The number of hydrogen-bond donors (Lipinski definition) is 2. The van der Waals surface area contributed by atoms with E-state index in [1.807, 2.05) is 0 Å². The molecule has 6 heteroatoms. The molecule has 0 atom stereocenters. The minimum absolute atomic E-state index is 0.925. The molecular formula is C6H15NaO4S. The smallest absolute Gasteiger partial charge is 0.264 e. The van der Waals surface area contributed by atoms with E-state index in [1.54, 1.807) is 0 Å². The van der Waals surface area contributed by atoms with Gasteiger partial charge in [-0.05, 0) is 0 Å². The Hall–Kier alpha value is 0.870. The van der Waals surface area contributed by atoms with Crippen LogP contribution in [0.4, 0.5) is 0 Å². The molecule has 0 aliphatic heterocycles. The summed E-state index contributed by atoms with van der Waals surface area (Å²) in [6, 6.07) is 0. The molecule has 0 aliphatic carbocycles. The molecule has 0 unspecified atom stereocenters. The molecule has 0 aliphatic rings. The second kappa shape index (κ2) is 8.47. The predicted octanol–water partition coefficient (Wildman–Crippen LogP) is 1.36. The van der Waals surface area contributed by atoms with E-state index in [1.165, 1.54) is 44.4 Å². The molecule has 0 aromatic carbocycles. The molecule has 0 heterocycles. The average molecular weight is 206 g/mol. The topological polar surface area (TPSA) is 74.6 Å². The molecule has 0 amide bonds. The Morgan fingerprint density at radius 3 is 1.75 bits per heavy atom. The van der Waals surface area contributed by atoms with Gasteiger partial charge in [-0.1, -0.05) is 0 Å². The number of hydrogen-bond acceptors (Lipinski definition) is 2. The van der Waals surface area contributed by atoms with Crippen molar-refractivity contribution in [3.63, 3.8) is 0 Å². The molecule has 2 N–H and O–H groups in total. The van der Waals surface area contributed by atoms with Crippen LogP contribution in [0, 0.1) is 5.92 Å². The summed E-state index contributed by atoms with van der Waals surface area (Å²) in [7, 11) is -4.67. The van der Waals surface area contributed by atoms with Crippen LogP contribution >= 0.6 is 0 Å². The van der Waals surface area contributed by atoms with Gasteiger partial charge in [-0.15, -0.1) is 0 Å². The Labute approximate surface area is 91.7 Å². The Balaban J connectivity index is 0. The van der Waals surface area contributed by atoms with Gasteiger partial charge in [0.05, 0.1) is 0 Å². The molecule has 0 spiro atoms. The summed E-state index contributed by atoms with van der Waals surface area (Å²) >= 11 is 1.39. The van der Waals surface area contributed by atoms with Crippen LogP contribution in [-0.2, 0) is 10.4 Å². The van der Waals surface area contributed by atoms with Gasteiger partial charge in [0.25, 0.3) is 0 Å². The van der Waals surface area contributed by atoms with E-state index in [-0.39, 0.29) is 0 Å². The van der Waals surface area contributed by atoms with Crippen molar-refractivity contribution in [2.24, 2.45) is 5.92 Å². The second-order valence-electron chi connectivity index (χ2n) is 2.98. The maximum absolute atomic E-state index is 8.74. The molecule has 0 saturated heterocycles. The van der Waals surface area contributed by atoms with Crippen LogP contribution in [0.15, 0.2) is 0 Å². The van der Waals surface area contributed by atoms with E-state index in [0.29, 0.717) is 0 Å². The van der Waals surface area contributed by atoms with Crippen LogP contribution in [0.2, 0.25) is 3.67 Å². The molecule has 0 saturated carbocycles. The van der Waals surface area contributed by atoms with Gasteiger partial charge in [-0.2, -0.15) is 8.42 Å². The Bertz CT molecular complexity index is 168. The van der Waals surface area contributed by atoms with E-state index >= 15 is 0 Å². The van der Waals surface area contributed by atoms with Crippen molar-refractivity contribution in [1.29, 1.82) is 0 Å². The summed E-state index contributed by atoms with van der Waals surface area (Å²) in [4.78, 5) is 0. The second-order valence-corrected chi connectivity index (χ2v) is 4.88. The Morgan fingerprint density at radius 1 is 1.33 bits per heavy atom. The van der Waals surface area contributed by atoms with Crippen LogP contribution in [0.3, 0.4) is 0 Å². The minimum atomic E-state index is -4.67. The number of rotatable bonds is 3. The summed E-state index contributed by atoms with van der Waals surface area (Å²) in [5, 5.41) is 0. The molecule has 4 nitrogen and oxygen atoms in total. The third-order valence-electron chi connectivity index (χ3n) is 1.14. The van der Waals surface area contributed by atoms with Gasteiger partial charge in [0, 0.05) is 0 Å². The average Bonchev–Trinajstić information content (AvgIpc) is 1.79. The SMILES string of the molecule is CC(C)CC[CH2][Na].O=S(=O)(O)O. The Morgan fingerprint density at radius 2 is 1.67 bits per heavy atom. The summed E-state index contributed by atoms with van der Waals surface area (Å²) in [6.07, 6.45) is 2.90. The minimum Gasteiger partial charge on any atom is -0.264 e. The van der Waals surface area contributed by atoms with Crippen molar-refractivity contribution in [3.05, 3.63) is 0 Å². The summed E-state index contributed by atoms with van der Waals surface area (Å²) in [5.74, 6) is 0.925. The van der Waals surface area contributed by atoms with Crippen molar-refractivity contribution in [1.82, 2.24) is 0 Å². The van der Waals surface area contributed by atoms with Gasteiger partial charge >= 0.3 is 74.6 Å². The molecule has 0 bridgehead atoms. The van der Waals surface area contributed by atoms with Crippen LogP contribution in [0.25, 0.3) is 0 Å². The van der Waals surface area contributed by atoms with Gasteiger partial charge < -0.3 is 0 Å². The standard InChI is InChI=1S/C6H13.Na.H2O4S/c1-4-5-6(2)3;;1-5(2,3)4/h6H,1,4-5H2,2-3H3;;(H2,1,2,3,4). The van der Waals surface area contributed by atoms with Crippen LogP contribution in [0.1, 0.15) is 26.7 Å². The van der Waals surface area contributed by atoms with Gasteiger partial charge in [-0.25, -0.2) is 0 Å². The van der Waals surface area contributed by atoms with Crippen molar-refractivity contribution in [2.45, 2.75) is 30.4 Å². The van der Waals surface area contributed by atoms with Crippen molar-refractivity contribution < 1.29 is 17.5 Å². The molecule has 0 radical (unpaired) electrons. The third kappa shape index (κ3) is 44.6. The van der Waals surface area contributed by atoms with Crippen LogP contribution < -0.4 is 0 Å². The van der Waals surface area contributed by atoms with Gasteiger partial charge in [0.15, 0.2) is 0 Å². The van der Waals surface area contributed by atoms with E-state index in [2.05, 4.69) is 13.8 Å². The maximum atomic E-state index is 8.74. The van der Waals surface area contributed by atoms with E-state index < -0.39 is 10.4 Å². The zero-order valence-corrected chi connectivity index (χ0v) is 10.6. The van der Waals surface area contributed by atoms with Gasteiger partial charge in [0.2, 0.25) is 0 Å². The fourth-order valence-electron chi connectivity index (χ4n) is 0.612. The van der Waals surface area contributed by atoms with Crippen molar-refractivity contribution in [2.75, 3.05) is 0 Å². The fraction of sp³-hybridized carbons (Fsp3) is 1.00. The molecule has 12 heavy (non-hydrogen) atoms. The molecule has 0 fully saturated rings. The molecule has 70 valence electrons. The first kappa shape index (κ1) is 15.3. The van der Waals surface area contributed by atoms with Gasteiger partial charge in [0.1, 0.15) is 0 Å². The molecule has 0 aromatic rings. The summed E-state index contributed by atoms with van der Waals surface area (Å²) < 4.78 is 33.1. The molecular weight excluding hydrogens is 191 g/mol. The largest absolute Gasteiger partial charge is 0.394 e. The van der Waals surface area contributed by atoms with Crippen LogP contribution in [0.5, 0.6) is 0 Å². The van der Waals surface area contributed by atoms with Crippen molar-refractivity contribution >= 4 is 38.3 Å².